The fraction of sp³-hybridized carbons (Fsp3) is 0. The van der Waals surface area contributed by atoms with Crippen LogP contribution in [0, 0.1) is 0 Å². The summed E-state index contributed by atoms with van der Waals surface area (Å²) in [5.74, 6) is 0. The molecule has 10 rings (SSSR count). The van der Waals surface area contributed by atoms with Crippen molar-refractivity contribution in [3.63, 3.8) is 0 Å². The van der Waals surface area contributed by atoms with Gasteiger partial charge in [0, 0.05) is 0 Å². The molecule has 0 heteroatoms. The van der Waals surface area contributed by atoms with E-state index in [1.54, 1.807) is 0 Å². The molecule has 0 saturated carbocycles. The summed E-state index contributed by atoms with van der Waals surface area (Å²) in [6.07, 6.45) is 0. The molecule has 0 spiro atoms. The lowest BCUT2D eigenvalue weighted by Crippen LogP contribution is -1.89. The van der Waals surface area contributed by atoms with Gasteiger partial charge in [-0.05, 0) is 122 Å². The van der Waals surface area contributed by atoms with Crippen LogP contribution in [0.15, 0.2) is 170 Å². The van der Waals surface area contributed by atoms with Gasteiger partial charge in [0.15, 0.2) is 0 Å². The van der Waals surface area contributed by atoms with Gasteiger partial charge < -0.3 is 0 Å². The molecule has 0 saturated heterocycles. The van der Waals surface area contributed by atoms with Crippen LogP contribution in [0.3, 0.4) is 0 Å². The monoisotopic (exact) mass is 580 g/mol. The minimum atomic E-state index is 1.24. The molecule has 0 nitrogen and oxygen atoms in total. The van der Waals surface area contributed by atoms with Crippen molar-refractivity contribution in [1.29, 1.82) is 0 Å². The first-order valence-corrected chi connectivity index (χ1v) is 16.0. The first-order chi connectivity index (χ1) is 22.8. The summed E-state index contributed by atoms with van der Waals surface area (Å²) in [6, 6.07) is 62.8. The third-order valence-electron chi connectivity index (χ3n) is 9.96. The van der Waals surface area contributed by atoms with E-state index in [0.717, 1.165) is 0 Å². The van der Waals surface area contributed by atoms with E-state index in [1.807, 2.05) is 0 Å². The Morgan fingerprint density at radius 2 is 0.522 bits per heavy atom. The van der Waals surface area contributed by atoms with Crippen LogP contribution in [-0.4, -0.2) is 0 Å². The van der Waals surface area contributed by atoms with Crippen LogP contribution in [-0.2, 0) is 0 Å². The van der Waals surface area contributed by atoms with E-state index < -0.39 is 0 Å². The molecule has 0 fully saturated rings. The van der Waals surface area contributed by atoms with E-state index in [2.05, 4.69) is 170 Å². The van der Waals surface area contributed by atoms with Gasteiger partial charge in [-0.1, -0.05) is 146 Å². The molecule has 0 aromatic heterocycles. The zero-order valence-electron chi connectivity index (χ0n) is 25.2. The van der Waals surface area contributed by atoms with Crippen molar-refractivity contribution in [2.45, 2.75) is 0 Å². The summed E-state index contributed by atoms with van der Waals surface area (Å²) >= 11 is 0. The van der Waals surface area contributed by atoms with E-state index in [4.69, 9.17) is 0 Å². The Hall–Kier alpha value is -5.98. The van der Waals surface area contributed by atoms with Crippen molar-refractivity contribution in [1.82, 2.24) is 0 Å². The molecule has 0 radical (unpaired) electrons. The standard InChI is InChI=1S/C46H28/c1-2-10-30-25-31(18-17-29(30)9-1)32-19-20-34-27-35(22-21-33(34)26-32)36-23-24-40-39-13-5-7-15-42(39)45-41-14-6-3-11-37(41)38-12-4-8-16-43(38)46(45)44(40)28-36/h1-28H. The molecule has 0 unspecified atom stereocenters. The number of hydrogen-bond acceptors (Lipinski definition) is 0. The summed E-state index contributed by atoms with van der Waals surface area (Å²) in [5, 5.41) is 18.2. The Kier molecular flexibility index (Phi) is 5.38. The van der Waals surface area contributed by atoms with E-state index in [-0.39, 0.29) is 0 Å². The van der Waals surface area contributed by atoms with Gasteiger partial charge in [0.05, 0.1) is 0 Å². The van der Waals surface area contributed by atoms with Gasteiger partial charge >= 0.3 is 0 Å². The molecule has 0 amide bonds. The second-order valence-electron chi connectivity index (χ2n) is 12.5. The highest BCUT2D eigenvalue weighted by Crippen LogP contribution is 2.44. The van der Waals surface area contributed by atoms with Crippen LogP contribution in [0.4, 0.5) is 0 Å². The zero-order chi connectivity index (χ0) is 30.2. The van der Waals surface area contributed by atoms with Crippen molar-refractivity contribution >= 4 is 75.4 Å². The molecule has 10 aromatic rings. The lowest BCUT2D eigenvalue weighted by Gasteiger charge is -2.17. The molecule has 212 valence electrons. The number of benzene rings is 10. The quantitative estimate of drug-likeness (QED) is 0.178. The average Bonchev–Trinajstić information content (AvgIpc) is 3.13. The number of rotatable bonds is 2. The van der Waals surface area contributed by atoms with Gasteiger partial charge in [-0.2, -0.15) is 0 Å². The van der Waals surface area contributed by atoms with E-state index >= 15 is 0 Å². The molecular formula is C46H28. The van der Waals surface area contributed by atoms with Gasteiger partial charge in [-0.25, -0.2) is 0 Å². The lowest BCUT2D eigenvalue weighted by atomic mass is 9.86. The Morgan fingerprint density at radius 3 is 1.04 bits per heavy atom. The van der Waals surface area contributed by atoms with E-state index in [0.29, 0.717) is 0 Å². The third kappa shape index (κ3) is 3.74. The van der Waals surface area contributed by atoms with Crippen LogP contribution in [0.25, 0.3) is 97.7 Å². The highest BCUT2D eigenvalue weighted by molar-refractivity contribution is 6.39. The first-order valence-electron chi connectivity index (χ1n) is 16.0. The molecule has 0 bridgehead atoms. The maximum absolute atomic E-state index is 2.43. The molecule has 0 aliphatic carbocycles. The van der Waals surface area contributed by atoms with Gasteiger partial charge in [-0.15, -0.1) is 0 Å². The second-order valence-corrected chi connectivity index (χ2v) is 12.5. The fourth-order valence-corrected chi connectivity index (χ4v) is 7.78. The molecule has 0 aliphatic heterocycles. The summed E-state index contributed by atoms with van der Waals surface area (Å²) in [7, 11) is 0. The fourth-order valence-electron chi connectivity index (χ4n) is 7.78. The molecular weight excluding hydrogens is 553 g/mol. The SMILES string of the molecule is c1ccc2cc(-c3ccc4cc(-c5ccc6c7ccccc7c7c8ccccc8c8ccccc8c7c6c5)ccc4c3)ccc2c1. The van der Waals surface area contributed by atoms with E-state index in [9.17, 15) is 0 Å². The summed E-state index contributed by atoms with van der Waals surface area (Å²) in [5.41, 5.74) is 4.97. The predicted molar refractivity (Wildman–Crippen MR) is 200 cm³/mol. The predicted octanol–water partition coefficient (Wildman–Crippen LogP) is 13.1. The normalized spacial score (nSPS) is 11.9. The Labute approximate surface area is 266 Å². The van der Waals surface area contributed by atoms with Gasteiger partial charge in [0.2, 0.25) is 0 Å². The van der Waals surface area contributed by atoms with Crippen molar-refractivity contribution < 1.29 is 0 Å². The summed E-state index contributed by atoms with van der Waals surface area (Å²) in [4.78, 5) is 0. The molecule has 10 aromatic carbocycles. The van der Waals surface area contributed by atoms with Crippen LogP contribution >= 0.6 is 0 Å². The number of hydrogen-bond donors (Lipinski definition) is 0. The van der Waals surface area contributed by atoms with Gasteiger partial charge in [-0.3, -0.25) is 0 Å². The Balaban J connectivity index is 1.19. The largest absolute Gasteiger partial charge is 0.0616 e. The molecule has 46 heavy (non-hydrogen) atoms. The smallest absolute Gasteiger partial charge is 0.00137 e. The molecule has 0 N–H and O–H groups in total. The van der Waals surface area contributed by atoms with Crippen molar-refractivity contribution in [2.75, 3.05) is 0 Å². The summed E-state index contributed by atoms with van der Waals surface area (Å²) in [6.45, 7) is 0. The number of fused-ring (bicyclic) bond motifs is 13. The third-order valence-corrected chi connectivity index (χ3v) is 9.96. The lowest BCUT2D eigenvalue weighted by molar-refractivity contribution is 1.66. The van der Waals surface area contributed by atoms with Gasteiger partial charge in [0.25, 0.3) is 0 Å². The van der Waals surface area contributed by atoms with Crippen LogP contribution in [0.2, 0.25) is 0 Å². The van der Waals surface area contributed by atoms with Crippen LogP contribution < -0.4 is 0 Å². The molecule has 0 aliphatic rings. The van der Waals surface area contributed by atoms with Gasteiger partial charge in [0.1, 0.15) is 0 Å². The maximum Gasteiger partial charge on any atom is -0.00137 e. The van der Waals surface area contributed by atoms with Crippen LogP contribution in [0.5, 0.6) is 0 Å². The first kappa shape index (κ1) is 25.4. The van der Waals surface area contributed by atoms with Crippen LogP contribution in [0.1, 0.15) is 0 Å². The average molecular weight is 581 g/mol. The Morgan fingerprint density at radius 1 is 0.196 bits per heavy atom. The Bertz CT molecular complexity index is 2840. The maximum atomic E-state index is 2.43. The minimum absolute atomic E-state index is 1.24. The minimum Gasteiger partial charge on any atom is -0.0616 e. The molecule has 0 heterocycles. The van der Waals surface area contributed by atoms with Crippen molar-refractivity contribution in [3.05, 3.63) is 170 Å². The molecule has 0 atom stereocenters. The topological polar surface area (TPSA) is 0 Å². The van der Waals surface area contributed by atoms with E-state index in [1.165, 1.54) is 97.7 Å². The highest BCUT2D eigenvalue weighted by atomic mass is 14.2. The second kappa shape index (κ2) is 9.76. The van der Waals surface area contributed by atoms with Crippen molar-refractivity contribution in [2.24, 2.45) is 0 Å². The summed E-state index contributed by atoms with van der Waals surface area (Å²) < 4.78 is 0. The van der Waals surface area contributed by atoms with Crippen molar-refractivity contribution in [3.8, 4) is 22.3 Å². The zero-order valence-corrected chi connectivity index (χ0v) is 25.2. The highest BCUT2D eigenvalue weighted by Gasteiger charge is 2.16.